The molecule has 2 aliphatic rings. The highest BCUT2D eigenvalue weighted by atomic mass is 32.2. The van der Waals surface area contributed by atoms with Gasteiger partial charge in [0.05, 0.1) is 5.75 Å². The number of thiocarbonyl (C=S) groups is 1. The Morgan fingerprint density at radius 2 is 1.83 bits per heavy atom. The van der Waals surface area contributed by atoms with Crippen LogP contribution in [0.1, 0.15) is 44.9 Å². The predicted molar refractivity (Wildman–Crippen MR) is 80.9 cm³/mol. The molecule has 0 aromatic carbocycles. The minimum atomic E-state index is 0.147. The van der Waals surface area contributed by atoms with Gasteiger partial charge in [-0.3, -0.25) is 4.79 Å². The molecule has 1 saturated carbocycles. The highest BCUT2D eigenvalue weighted by Crippen LogP contribution is 2.18. The van der Waals surface area contributed by atoms with Crippen molar-refractivity contribution in [3.05, 3.63) is 0 Å². The molecule has 1 aliphatic carbocycles. The van der Waals surface area contributed by atoms with Crippen LogP contribution in [0.15, 0.2) is 0 Å². The number of rotatable bonds is 3. The fourth-order valence-electron chi connectivity index (χ4n) is 2.63. The number of carbonyl (C=O) groups excluding carboxylic acids is 1. The van der Waals surface area contributed by atoms with Crippen LogP contribution in [0.25, 0.3) is 0 Å². The summed E-state index contributed by atoms with van der Waals surface area (Å²) in [7, 11) is 0. The van der Waals surface area contributed by atoms with Crippen LogP contribution in [0.2, 0.25) is 0 Å². The summed E-state index contributed by atoms with van der Waals surface area (Å²) in [6.07, 6.45) is 8.58. The van der Waals surface area contributed by atoms with E-state index in [1.165, 1.54) is 43.9 Å². The molecule has 0 unspecified atom stereocenters. The highest BCUT2D eigenvalue weighted by Gasteiger charge is 2.18. The predicted octanol–water partition coefficient (Wildman–Crippen LogP) is 2.55. The Morgan fingerprint density at radius 3 is 2.50 bits per heavy atom. The Kier molecular flexibility index (Phi) is 5.76. The van der Waals surface area contributed by atoms with E-state index in [0.717, 1.165) is 30.3 Å². The zero-order valence-corrected chi connectivity index (χ0v) is 12.5. The van der Waals surface area contributed by atoms with E-state index in [-0.39, 0.29) is 5.91 Å². The SMILES string of the molecule is O=C(CSC(=S)N1CCCC1)NC1CCCCC1. The molecule has 2 fully saturated rings. The molecule has 1 saturated heterocycles. The number of hydrogen-bond donors (Lipinski definition) is 1. The third-order valence-electron chi connectivity index (χ3n) is 3.66. The number of thioether (sulfide) groups is 1. The smallest absolute Gasteiger partial charge is 0.230 e. The average molecular weight is 286 g/mol. The summed E-state index contributed by atoms with van der Waals surface area (Å²) in [5.74, 6) is 0.625. The van der Waals surface area contributed by atoms with Crippen LogP contribution in [0.3, 0.4) is 0 Å². The van der Waals surface area contributed by atoms with Crippen molar-refractivity contribution >= 4 is 34.2 Å². The van der Waals surface area contributed by atoms with E-state index in [4.69, 9.17) is 12.2 Å². The first-order valence-electron chi connectivity index (χ1n) is 6.97. The molecule has 2 rings (SSSR count). The number of nitrogens with one attached hydrogen (secondary N) is 1. The van der Waals surface area contributed by atoms with Crippen LogP contribution in [0, 0.1) is 0 Å². The quantitative estimate of drug-likeness (QED) is 0.808. The van der Waals surface area contributed by atoms with Gasteiger partial charge >= 0.3 is 0 Å². The van der Waals surface area contributed by atoms with Crippen molar-refractivity contribution in [1.82, 2.24) is 10.2 Å². The molecule has 0 aromatic rings. The van der Waals surface area contributed by atoms with Crippen molar-refractivity contribution < 1.29 is 4.79 Å². The van der Waals surface area contributed by atoms with E-state index >= 15 is 0 Å². The van der Waals surface area contributed by atoms with Gasteiger partial charge in [-0.25, -0.2) is 0 Å². The fraction of sp³-hybridized carbons (Fsp3) is 0.846. The highest BCUT2D eigenvalue weighted by molar-refractivity contribution is 8.23. The van der Waals surface area contributed by atoms with Gasteiger partial charge in [0.1, 0.15) is 4.32 Å². The van der Waals surface area contributed by atoms with Crippen LogP contribution in [-0.4, -0.2) is 40.0 Å². The number of carbonyl (C=O) groups is 1. The largest absolute Gasteiger partial charge is 0.358 e. The molecular weight excluding hydrogens is 264 g/mol. The Bertz CT molecular complexity index is 297. The third kappa shape index (κ3) is 4.43. The third-order valence-corrected chi connectivity index (χ3v) is 5.18. The summed E-state index contributed by atoms with van der Waals surface area (Å²) in [4.78, 5) is 14.0. The van der Waals surface area contributed by atoms with Crippen molar-refractivity contribution in [2.24, 2.45) is 0 Å². The molecular formula is C13H22N2OS2. The summed E-state index contributed by atoms with van der Waals surface area (Å²) in [6.45, 7) is 2.13. The van der Waals surface area contributed by atoms with E-state index in [1.54, 1.807) is 0 Å². The molecule has 3 nitrogen and oxygen atoms in total. The molecule has 1 aliphatic heterocycles. The molecule has 5 heteroatoms. The van der Waals surface area contributed by atoms with Gasteiger partial charge in [-0.15, -0.1) is 0 Å². The van der Waals surface area contributed by atoms with Gasteiger partial charge < -0.3 is 10.2 Å². The van der Waals surface area contributed by atoms with Crippen LogP contribution < -0.4 is 5.32 Å². The minimum Gasteiger partial charge on any atom is -0.358 e. The fourth-order valence-corrected chi connectivity index (χ4v) is 3.70. The van der Waals surface area contributed by atoms with Crippen molar-refractivity contribution in [2.75, 3.05) is 18.8 Å². The monoisotopic (exact) mass is 286 g/mol. The molecule has 0 spiro atoms. The lowest BCUT2D eigenvalue weighted by atomic mass is 9.95. The van der Waals surface area contributed by atoms with Gasteiger partial charge in [0.15, 0.2) is 0 Å². The molecule has 102 valence electrons. The first kappa shape index (κ1) is 14.1. The summed E-state index contributed by atoms with van der Waals surface area (Å²) < 4.78 is 0.895. The van der Waals surface area contributed by atoms with Crippen LogP contribution in [-0.2, 0) is 4.79 Å². The zero-order chi connectivity index (χ0) is 12.8. The maximum Gasteiger partial charge on any atom is 0.230 e. The van der Waals surface area contributed by atoms with Gasteiger partial charge in [-0.2, -0.15) is 0 Å². The van der Waals surface area contributed by atoms with Crippen molar-refractivity contribution in [3.8, 4) is 0 Å². The van der Waals surface area contributed by atoms with E-state index < -0.39 is 0 Å². The molecule has 18 heavy (non-hydrogen) atoms. The van der Waals surface area contributed by atoms with Crippen LogP contribution in [0.4, 0.5) is 0 Å². The van der Waals surface area contributed by atoms with Gasteiger partial charge in [0, 0.05) is 19.1 Å². The Hall–Kier alpha value is -0.290. The summed E-state index contributed by atoms with van der Waals surface area (Å²) in [5, 5.41) is 3.13. The van der Waals surface area contributed by atoms with E-state index in [2.05, 4.69) is 10.2 Å². The van der Waals surface area contributed by atoms with Gasteiger partial charge in [0.2, 0.25) is 5.91 Å². The number of hydrogen-bond acceptors (Lipinski definition) is 3. The molecule has 1 amide bonds. The Labute approximate surface area is 119 Å². The molecule has 0 aromatic heterocycles. The Balaban J connectivity index is 1.63. The van der Waals surface area contributed by atoms with Gasteiger partial charge in [-0.05, 0) is 25.7 Å². The number of amides is 1. The van der Waals surface area contributed by atoms with Crippen molar-refractivity contribution in [2.45, 2.75) is 51.0 Å². The van der Waals surface area contributed by atoms with Crippen molar-refractivity contribution in [1.29, 1.82) is 0 Å². The van der Waals surface area contributed by atoms with E-state index in [9.17, 15) is 4.79 Å². The first-order valence-corrected chi connectivity index (χ1v) is 8.36. The second kappa shape index (κ2) is 7.34. The first-order chi connectivity index (χ1) is 8.75. The van der Waals surface area contributed by atoms with E-state index in [0.29, 0.717) is 11.8 Å². The van der Waals surface area contributed by atoms with Crippen LogP contribution in [0.5, 0.6) is 0 Å². The lowest BCUT2D eigenvalue weighted by molar-refractivity contribution is -0.119. The standard InChI is InChI=1S/C13H22N2OS2/c16-12(14-11-6-2-1-3-7-11)10-18-13(17)15-8-4-5-9-15/h11H,1-10H2,(H,14,16). The second-order valence-electron chi connectivity index (χ2n) is 5.15. The summed E-state index contributed by atoms with van der Waals surface area (Å²) in [5.41, 5.74) is 0. The normalized spacial score (nSPS) is 21.0. The summed E-state index contributed by atoms with van der Waals surface area (Å²) in [6, 6.07) is 0.409. The lowest BCUT2D eigenvalue weighted by Gasteiger charge is -2.23. The maximum atomic E-state index is 11.8. The van der Waals surface area contributed by atoms with E-state index in [1.807, 2.05) is 0 Å². The molecule has 1 N–H and O–H groups in total. The maximum absolute atomic E-state index is 11.8. The number of likely N-dealkylation sites (tertiary alicyclic amines) is 1. The van der Waals surface area contributed by atoms with Gasteiger partial charge in [0.25, 0.3) is 0 Å². The zero-order valence-electron chi connectivity index (χ0n) is 10.8. The topological polar surface area (TPSA) is 32.3 Å². The molecule has 0 radical (unpaired) electrons. The van der Waals surface area contributed by atoms with Gasteiger partial charge in [-0.1, -0.05) is 43.2 Å². The number of nitrogens with zero attached hydrogens (tertiary/aromatic N) is 1. The summed E-state index contributed by atoms with van der Waals surface area (Å²) >= 11 is 6.86. The molecule has 1 heterocycles. The molecule has 0 atom stereocenters. The second-order valence-corrected chi connectivity index (χ2v) is 6.76. The lowest BCUT2D eigenvalue weighted by Crippen LogP contribution is -2.37. The van der Waals surface area contributed by atoms with Crippen LogP contribution >= 0.6 is 24.0 Å². The average Bonchev–Trinajstić information content (AvgIpc) is 2.91. The minimum absolute atomic E-state index is 0.147. The molecule has 0 bridgehead atoms. The Morgan fingerprint density at radius 1 is 1.17 bits per heavy atom. The van der Waals surface area contributed by atoms with Crippen molar-refractivity contribution in [3.63, 3.8) is 0 Å².